The van der Waals surface area contributed by atoms with Crippen LogP contribution in [0.3, 0.4) is 0 Å². The topological polar surface area (TPSA) is 293 Å². The quantitative estimate of drug-likeness (QED) is 0.114. The minimum atomic E-state index is -1.71. The van der Waals surface area contributed by atoms with E-state index in [-0.39, 0.29) is 49.1 Å². The van der Waals surface area contributed by atoms with E-state index in [0.717, 1.165) is 13.8 Å². The normalized spacial score (nSPS) is 40.0. The van der Waals surface area contributed by atoms with E-state index in [1.807, 2.05) is 41.5 Å². The van der Waals surface area contributed by atoms with Gasteiger partial charge in [0, 0.05) is 79.1 Å². The SMILES string of the molecule is CCC1OC(OC(C)=O)C(O[C@H]2OC(COC(C)=O)[C@@H](C)[C@H](O[C@H]3OC(COC(C)=O)[C@@H](C)[C@H](O[C@H]4OC(COC(C)=O)[C@@H](C)[C@H](O[C@H]5OC(CC)[C@@H](C)[C@H](C)C5OC(C)=O)C4OC(C)=O)C3OC(C)=O)C2OC(C)=O)[C@@H](C)[C@@H]1C. The third-order valence-electron chi connectivity index (χ3n) is 15.9. The summed E-state index contributed by atoms with van der Waals surface area (Å²) >= 11 is 0. The first-order valence-electron chi connectivity index (χ1n) is 27.7. The molecule has 0 amide bonds. The molecule has 25 nitrogen and oxygen atoms in total. The van der Waals surface area contributed by atoms with E-state index in [0.29, 0.717) is 12.8 Å². The van der Waals surface area contributed by atoms with Gasteiger partial charge in [-0.25, -0.2) is 0 Å². The predicted molar refractivity (Wildman–Crippen MR) is 271 cm³/mol. The van der Waals surface area contributed by atoms with Crippen molar-refractivity contribution in [3.8, 4) is 0 Å². The largest absolute Gasteiger partial charge is 0.463 e. The van der Waals surface area contributed by atoms with E-state index < -0.39 is 171 Å². The van der Waals surface area contributed by atoms with E-state index in [2.05, 4.69) is 0 Å². The molecule has 0 N–H and O–H groups in total. The zero-order chi connectivity index (χ0) is 59.6. The van der Waals surface area contributed by atoms with Gasteiger partial charge in [0.05, 0.1) is 12.2 Å². The molecule has 0 aromatic rings. The van der Waals surface area contributed by atoms with Gasteiger partial charge in [-0.3, -0.25) is 38.4 Å². The highest BCUT2D eigenvalue weighted by Gasteiger charge is 2.58. The molecule has 0 spiro atoms. The summed E-state index contributed by atoms with van der Waals surface area (Å²) < 4.78 is 106. The molecule has 80 heavy (non-hydrogen) atoms. The fourth-order valence-electron chi connectivity index (χ4n) is 11.1. The Morgan fingerprint density at radius 3 is 0.812 bits per heavy atom. The molecule has 0 aliphatic carbocycles. The summed E-state index contributed by atoms with van der Waals surface area (Å²) in [4.78, 5) is 102. The van der Waals surface area contributed by atoms with Crippen LogP contribution in [0.4, 0.5) is 0 Å². The number of hydrogen-bond acceptors (Lipinski definition) is 25. The summed E-state index contributed by atoms with van der Waals surface area (Å²) in [6, 6.07) is 0. The van der Waals surface area contributed by atoms with Crippen molar-refractivity contribution in [3.05, 3.63) is 0 Å². The Kier molecular flexibility index (Phi) is 24.5. The minimum Gasteiger partial charge on any atom is -0.463 e. The Morgan fingerprint density at radius 2 is 0.525 bits per heavy atom. The summed E-state index contributed by atoms with van der Waals surface area (Å²) in [6.07, 6.45) is -20.5. The van der Waals surface area contributed by atoms with E-state index in [4.69, 9.17) is 80.5 Å². The third kappa shape index (κ3) is 17.0. The fraction of sp³-hybridized carbons (Fsp3) is 0.855. The van der Waals surface area contributed by atoms with Gasteiger partial charge >= 0.3 is 47.8 Å². The number of carbonyl (C=O) groups excluding carboxylic acids is 8. The molecule has 456 valence electrons. The molecule has 11 unspecified atom stereocenters. The Balaban J connectivity index is 1.64. The number of esters is 8. The molecule has 5 aliphatic heterocycles. The molecular weight excluding hydrogens is 1060 g/mol. The monoisotopic (exact) mass is 1150 g/mol. The van der Waals surface area contributed by atoms with Gasteiger partial charge in [0.15, 0.2) is 49.6 Å². The van der Waals surface area contributed by atoms with Gasteiger partial charge < -0.3 is 80.5 Å². The highest BCUT2D eigenvalue weighted by Crippen LogP contribution is 2.44. The van der Waals surface area contributed by atoms with E-state index >= 15 is 0 Å². The lowest BCUT2D eigenvalue weighted by Gasteiger charge is -2.52. The molecule has 5 fully saturated rings. The second-order valence-corrected chi connectivity index (χ2v) is 21.8. The summed E-state index contributed by atoms with van der Waals surface area (Å²) in [5, 5.41) is 0. The van der Waals surface area contributed by atoms with Gasteiger partial charge in [-0.15, -0.1) is 0 Å². The van der Waals surface area contributed by atoms with Crippen molar-refractivity contribution in [1.29, 1.82) is 0 Å². The Labute approximate surface area is 468 Å². The van der Waals surface area contributed by atoms with Gasteiger partial charge in [0.1, 0.15) is 62.5 Å². The van der Waals surface area contributed by atoms with Gasteiger partial charge in [-0.2, -0.15) is 0 Å². The average molecular weight is 1150 g/mol. The van der Waals surface area contributed by atoms with Crippen LogP contribution >= 0.6 is 0 Å². The lowest BCUT2D eigenvalue weighted by Crippen LogP contribution is -2.66. The van der Waals surface area contributed by atoms with Crippen LogP contribution in [-0.4, -0.2) is 178 Å². The van der Waals surface area contributed by atoms with Crippen LogP contribution in [0, 0.1) is 41.4 Å². The molecule has 0 aromatic heterocycles. The molecular formula is C55H86O25. The van der Waals surface area contributed by atoms with Crippen molar-refractivity contribution in [2.45, 2.75) is 241 Å². The number of ether oxygens (including phenoxy) is 17. The Morgan fingerprint density at radius 1 is 0.275 bits per heavy atom. The fourth-order valence-corrected chi connectivity index (χ4v) is 11.1. The van der Waals surface area contributed by atoms with Crippen molar-refractivity contribution in [1.82, 2.24) is 0 Å². The molecule has 0 bridgehead atoms. The first kappa shape index (κ1) is 66.2. The first-order chi connectivity index (χ1) is 37.6. The molecule has 5 saturated heterocycles. The van der Waals surface area contributed by atoms with Crippen LogP contribution in [0.25, 0.3) is 0 Å². The summed E-state index contributed by atoms with van der Waals surface area (Å²) in [5.41, 5.74) is 0. The van der Waals surface area contributed by atoms with Gasteiger partial charge in [-0.05, 0) is 30.6 Å². The van der Waals surface area contributed by atoms with Crippen molar-refractivity contribution in [2.75, 3.05) is 19.8 Å². The summed E-state index contributed by atoms with van der Waals surface area (Å²) in [6.45, 7) is 25.1. The van der Waals surface area contributed by atoms with E-state index in [1.54, 1.807) is 20.8 Å². The molecule has 0 aromatic carbocycles. The van der Waals surface area contributed by atoms with Crippen LogP contribution in [0.1, 0.15) is 131 Å². The predicted octanol–water partition coefficient (Wildman–Crippen LogP) is 4.40. The highest BCUT2D eigenvalue weighted by atomic mass is 16.8. The minimum absolute atomic E-state index is 0.0735. The molecule has 0 saturated carbocycles. The van der Waals surface area contributed by atoms with Crippen LogP contribution in [0.2, 0.25) is 0 Å². The summed E-state index contributed by atoms with van der Waals surface area (Å²) in [5.74, 6) is -9.01. The van der Waals surface area contributed by atoms with Crippen LogP contribution in [0.15, 0.2) is 0 Å². The molecule has 5 rings (SSSR count). The van der Waals surface area contributed by atoms with Crippen molar-refractivity contribution in [3.63, 3.8) is 0 Å². The maximum absolute atomic E-state index is 13.4. The van der Waals surface area contributed by atoms with Crippen LogP contribution in [-0.2, 0) is 119 Å². The molecule has 25 heteroatoms. The molecule has 25 atom stereocenters. The van der Waals surface area contributed by atoms with Crippen molar-refractivity contribution in [2.24, 2.45) is 41.4 Å². The Bertz CT molecular complexity index is 2120. The lowest BCUT2D eigenvalue weighted by molar-refractivity contribution is -0.385. The van der Waals surface area contributed by atoms with E-state index in [1.165, 1.54) is 41.5 Å². The van der Waals surface area contributed by atoms with Crippen LogP contribution < -0.4 is 0 Å². The standard InChI is InChI=1S/C55H86O25/c1-18-38-24(4)26(6)47(51(72-38)71-37(17)63)80-55-50(70-36(16)62)45(29(9)42(76-55)22-66-32(12)58)79-54-49(69-35(15)61)44(28(8)41(75-54)21-65-31(11)57)78-53-48(68-34(14)60)43(27(7)40(74-53)20-64-30(10)56)77-52-46(67-33(13)59)25(5)23(3)39(19-2)73-52/h23-29,38-55H,18-22H2,1-17H3/t23-,24-,25-,26-,27+,28+,29+,38?,39?,40?,41?,42?,43-,44-,45-,46?,47?,48?,49?,50?,51?,52+,53+,54+,55+/m0/s1. The van der Waals surface area contributed by atoms with E-state index in [9.17, 15) is 38.4 Å². The second kappa shape index (κ2) is 29.6. The highest BCUT2D eigenvalue weighted by molar-refractivity contribution is 5.68. The van der Waals surface area contributed by atoms with Gasteiger partial charge in [-0.1, -0.05) is 62.3 Å². The zero-order valence-electron chi connectivity index (χ0n) is 49.2. The van der Waals surface area contributed by atoms with Crippen LogP contribution in [0.5, 0.6) is 0 Å². The number of hydrogen-bond donors (Lipinski definition) is 0. The number of rotatable bonds is 21. The first-order valence-corrected chi connectivity index (χ1v) is 27.7. The van der Waals surface area contributed by atoms with Gasteiger partial charge in [0.2, 0.25) is 6.29 Å². The molecule has 5 aliphatic rings. The third-order valence-corrected chi connectivity index (χ3v) is 15.9. The van der Waals surface area contributed by atoms with Gasteiger partial charge in [0.25, 0.3) is 0 Å². The lowest BCUT2D eigenvalue weighted by atomic mass is 9.82. The molecule has 5 heterocycles. The average Bonchev–Trinajstić information content (AvgIpc) is 3.36. The maximum Gasteiger partial charge on any atom is 0.305 e. The smallest absolute Gasteiger partial charge is 0.305 e. The summed E-state index contributed by atoms with van der Waals surface area (Å²) in [7, 11) is 0. The number of carbonyl (C=O) groups is 8. The molecule has 0 radical (unpaired) electrons. The van der Waals surface area contributed by atoms with Crippen molar-refractivity contribution < 1.29 is 119 Å². The van der Waals surface area contributed by atoms with Crippen molar-refractivity contribution >= 4 is 47.8 Å². The Hall–Kier alpha value is -4.60. The second-order valence-electron chi connectivity index (χ2n) is 21.8. The zero-order valence-corrected chi connectivity index (χ0v) is 49.2. The maximum atomic E-state index is 13.4.